The van der Waals surface area contributed by atoms with E-state index in [4.69, 9.17) is 10.8 Å². The second kappa shape index (κ2) is 5.38. The van der Waals surface area contributed by atoms with Crippen molar-refractivity contribution in [1.82, 2.24) is 14.9 Å². The summed E-state index contributed by atoms with van der Waals surface area (Å²) in [7, 11) is 1.60. The van der Waals surface area contributed by atoms with Crippen LogP contribution in [-0.2, 0) is 6.42 Å². The Bertz CT molecular complexity index is 540. The zero-order valence-corrected chi connectivity index (χ0v) is 13.0. The molecular weight excluding hydrogens is 270 g/mol. The second-order valence-electron chi connectivity index (χ2n) is 6.36. The second-order valence-corrected chi connectivity index (χ2v) is 6.36. The molecule has 0 saturated carbocycles. The Hall–Kier alpha value is -2.05. The molecule has 1 aliphatic heterocycles. The average molecular weight is 293 g/mol. The third-order valence-electron chi connectivity index (χ3n) is 3.85. The number of nitrogens with two attached hydrogens (primary N) is 1. The number of hydrogen-bond donors (Lipinski definition) is 2. The summed E-state index contributed by atoms with van der Waals surface area (Å²) in [5.41, 5.74) is 5.46. The first-order valence-electron chi connectivity index (χ1n) is 7.06. The monoisotopic (exact) mass is 293 g/mol. The first-order valence-corrected chi connectivity index (χ1v) is 7.06. The van der Waals surface area contributed by atoms with Crippen LogP contribution in [0.15, 0.2) is 6.07 Å². The molecule has 0 atom stereocenters. The van der Waals surface area contributed by atoms with Crippen molar-refractivity contribution in [3.8, 4) is 0 Å². The number of likely N-dealkylation sites (N-methyl/N-ethyl adjacent to an activating group) is 1. The van der Waals surface area contributed by atoms with Crippen molar-refractivity contribution in [3.63, 3.8) is 0 Å². The highest BCUT2D eigenvalue weighted by atomic mass is 16.4. The number of nitrogens with zero attached hydrogens (tertiary/aromatic N) is 4. The van der Waals surface area contributed by atoms with Gasteiger partial charge in [0.2, 0.25) is 0 Å². The Labute approximate surface area is 124 Å². The molecule has 0 radical (unpaired) electrons. The van der Waals surface area contributed by atoms with Gasteiger partial charge in [-0.15, -0.1) is 0 Å². The maximum absolute atomic E-state index is 11.1. The quantitative estimate of drug-likeness (QED) is 0.872. The van der Waals surface area contributed by atoms with Crippen LogP contribution in [0.5, 0.6) is 0 Å². The van der Waals surface area contributed by atoms with Crippen molar-refractivity contribution >= 4 is 17.7 Å². The molecule has 0 unspecified atom stereocenters. The zero-order chi connectivity index (χ0) is 15.8. The van der Waals surface area contributed by atoms with E-state index in [2.05, 4.69) is 23.8 Å². The van der Waals surface area contributed by atoms with Gasteiger partial charge in [-0.1, -0.05) is 13.8 Å². The fraction of sp³-hybridized carbons (Fsp3) is 0.643. The molecule has 1 amide bonds. The van der Waals surface area contributed by atoms with Crippen molar-refractivity contribution in [1.29, 1.82) is 0 Å². The van der Waals surface area contributed by atoms with E-state index in [1.807, 2.05) is 11.8 Å². The Morgan fingerprint density at radius 3 is 2.67 bits per heavy atom. The number of hydrogen-bond acceptors (Lipinski definition) is 5. The SMILES string of the molecule is CC(C)Cc1nc(N)cc(N2CC(C)(N(C)C(=O)O)C2)n1. The van der Waals surface area contributed by atoms with E-state index in [0.717, 1.165) is 18.1 Å². The molecule has 21 heavy (non-hydrogen) atoms. The minimum Gasteiger partial charge on any atom is -0.465 e. The maximum atomic E-state index is 11.1. The summed E-state index contributed by atoms with van der Waals surface area (Å²) in [6.45, 7) is 7.35. The zero-order valence-electron chi connectivity index (χ0n) is 13.0. The summed E-state index contributed by atoms with van der Waals surface area (Å²) in [6.07, 6.45) is -0.141. The number of rotatable bonds is 4. The van der Waals surface area contributed by atoms with E-state index in [1.54, 1.807) is 13.1 Å². The molecule has 3 N–H and O–H groups in total. The lowest BCUT2D eigenvalue weighted by atomic mass is 9.90. The van der Waals surface area contributed by atoms with Gasteiger partial charge >= 0.3 is 6.09 Å². The smallest absolute Gasteiger partial charge is 0.407 e. The highest BCUT2D eigenvalue weighted by molar-refractivity contribution is 5.67. The van der Waals surface area contributed by atoms with E-state index in [0.29, 0.717) is 24.8 Å². The Kier molecular flexibility index (Phi) is 3.93. The first-order chi connectivity index (χ1) is 9.71. The number of aromatic nitrogens is 2. The summed E-state index contributed by atoms with van der Waals surface area (Å²) in [4.78, 5) is 23.2. The molecule has 1 aromatic heterocycles. The molecule has 2 rings (SSSR count). The summed E-state index contributed by atoms with van der Waals surface area (Å²) >= 11 is 0. The maximum Gasteiger partial charge on any atom is 0.407 e. The normalized spacial score (nSPS) is 16.7. The van der Waals surface area contributed by atoms with E-state index >= 15 is 0 Å². The molecule has 0 aliphatic carbocycles. The van der Waals surface area contributed by atoms with Gasteiger partial charge in [0, 0.05) is 32.6 Å². The Balaban J connectivity index is 2.11. The van der Waals surface area contributed by atoms with E-state index in [-0.39, 0.29) is 5.54 Å². The molecule has 1 aromatic rings. The van der Waals surface area contributed by atoms with Crippen LogP contribution >= 0.6 is 0 Å². The molecular formula is C14H23N5O2. The van der Waals surface area contributed by atoms with Gasteiger partial charge in [0.25, 0.3) is 0 Å². The predicted octanol–water partition coefficient (Wildman–Crippen LogP) is 1.45. The summed E-state index contributed by atoms with van der Waals surface area (Å²) in [5.74, 6) is 2.42. The van der Waals surface area contributed by atoms with Crippen molar-refractivity contribution in [3.05, 3.63) is 11.9 Å². The Morgan fingerprint density at radius 1 is 1.52 bits per heavy atom. The van der Waals surface area contributed by atoms with Crippen molar-refractivity contribution in [2.45, 2.75) is 32.7 Å². The van der Waals surface area contributed by atoms with Crippen LogP contribution in [0.25, 0.3) is 0 Å². The molecule has 116 valence electrons. The molecule has 1 fully saturated rings. The van der Waals surface area contributed by atoms with Gasteiger partial charge in [-0.05, 0) is 12.8 Å². The minimum atomic E-state index is -0.917. The van der Waals surface area contributed by atoms with Gasteiger partial charge in [-0.2, -0.15) is 0 Å². The van der Waals surface area contributed by atoms with Gasteiger partial charge in [0.15, 0.2) is 0 Å². The molecule has 1 saturated heterocycles. The van der Waals surface area contributed by atoms with Crippen LogP contribution < -0.4 is 10.6 Å². The molecule has 0 bridgehead atoms. The van der Waals surface area contributed by atoms with Gasteiger partial charge in [-0.3, -0.25) is 0 Å². The van der Waals surface area contributed by atoms with Gasteiger partial charge in [0.05, 0.1) is 5.54 Å². The third kappa shape index (κ3) is 3.17. The van der Waals surface area contributed by atoms with Crippen molar-refractivity contribution < 1.29 is 9.90 Å². The fourth-order valence-electron chi connectivity index (χ4n) is 2.50. The van der Waals surface area contributed by atoms with E-state index < -0.39 is 6.09 Å². The fourth-order valence-corrected chi connectivity index (χ4v) is 2.50. The summed E-state index contributed by atoms with van der Waals surface area (Å²) < 4.78 is 0. The van der Waals surface area contributed by atoms with Crippen molar-refractivity contribution in [2.24, 2.45) is 5.92 Å². The molecule has 1 aliphatic rings. The number of nitrogen functional groups attached to an aromatic ring is 1. The van der Waals surface area contributed by atoms with Gasteiger partial charge in [-0.25, -0.2) is 14.8 Å². The number of carbonyl (C=O) groups is 1. The van der Waals surface area contributed by atoms with Crippen LogP contribution in [0.1, 0.15) is 26.6 Å². The van der Waals surface area contributed by atoms with Crippen LogP contribution in [0, 0.1) is 5.92 Å². The van der Waals surface area contributed by atoms with Crippen LogP contribution in [0.2, 0.25) is 0 Å². The molecule has 0 aromatic carbocycles. The minimum absolute atomic E-state index is 0.385. The molecule has 2 heterocycles. The number of amides is 1. The van der Waals surface area contributed by atoms with E-state index in [1.165, 1.54) is 4.90 Å². The highest BCUT2D eigenvalue weighted by Crippen LogP contribution is 2.31. The van der Waals surface area contributed by atoms with Crippen LogP contribution in [0.3, 0.4) is 0 Å². The van der Waals surface area contributed by atoms with Crippen LogP contribution in [0.4, 0.5) is 16.4 Å². The van der Waals surface area contributed by atoms with E-state index in [9.17, 15) is 4.79 Å². The van der Waals surface area contributed by atoms with Crippen LogP contribution in [-0.4, -0.2) is 51.7 Å². The average Bonchev–Trinajstić information content (AvgIpc) is 2.32. The molecule has 7 nitrogen and oxygen atoms in total. The largest absolute Gasteiger partial charge is 0.465 e. The van der Waals surface area contributed by atoms with Gasteiger partial charge in [0.1, 0.15) is 17.5 Å². The predicted molar refractivity (Wildman–Crippen MR) is 81.4 cm³/mol. The lowest BCUT2D eigenvalue weighted by molar-refractivity contribution is 0.0846. The number of carboxylic acid groups (broad SMARTS) is 1. The Morgan fingerprint density at radius 2 is 2.14 bits per heavy atom. The summed E-state index contributed by atoms with van der Waals surface area (Å²) in [5, 5.41) is 9.09. The van der Waals surface area contributed by atoms with Crippen molar-refractivity contribution in [2.75, 3.05) is 30.8 Å². The summed E-state index contributed by atoms with van der Waals surface area (Å²) in [6, 6.07) is 1.74. The highest BCUT2D eigenvalue weighted by Gasteiger charge is 2.45. The molecule has 7 heteroatoms. The first kappa shape index (κ1) is 15.3. The lowest BCUT2D eigenvalue weighted by Crippen LogP contribution is -2.69. The lowest BCUT2D eigenvalue weighted by Gasteiger charge is -2.52. The number of anilines is 2. The topological polar surface area (TPSA) is 95.6 Å². The third-order valence-corrected chi connectivity index (χ3v) is 3.85. The standard InChI is InChI=1S/C14H23N5O2/c1-9(2)5-11-16-10(15)6-12(17-11)19-7-14(3,8-19)18(4)13(20)21/h6,9H,5,7-8H2,1-4H3,(H,20,21)(H2,15,16,17). The van der Waals surface area contributed by atoms with Gasteiger partial charge < -0.3 is 20.6 Å². The molecule has 0 spiro atoms.